The summed E-state index contributed by atoms with van der Waals surface area (Å²) >= 11 is 5.77. The van der Waals surface area contributed by atoms with Gasteiger partial charge in [-0.3, -0.25) is 0 Å². The Labute approximate surface area is 127 Å². The van der Waals surface area contributed by atoms with Crippen molar-refractivity contribution in [1.82, 2.24) is 0 Å². The normalized spacial score (nSPS) is 17.0. The molecule has 1 N–H and O–H groups in total. The van der Waals surface area contributed by atoms with Crippen molar-refractivity contribution < 1.29 is 9.50 Å². The van der Waals surface area contributed by atoms with E-state index in [4.69, 9.17) is 11.6 Å². The summed E-state index contributed by atoms with van der Waals surface area (Å²) in [6, 6.07) is 14.1. The fourth-order valence-corrected chi connectivity index (χ4v) is 3.17. The minimum absolute atomic E-state index is 0.0462. The first kappa shape index (κ1) is 14.1. The molecule has 0 spiro atoms. The molecule has 21 heavy (non-hydrogen) atoms. The Bertz CT molecular complexity index is 713. The lowest BCUT2D eigenvalue weighted by Crippen LogP contribution is -2.28. The van der Waals surface area contributed by atoms with Gasteiger partial charge in [0.2, 0.25) is 0 Å². The van der Waals surface area contributed by atoms with Crippen molar-refractivity contribution >= 4 is 11.6 Å². The lowest BCUT2D eigenvalue weighted by atomic mass is 9.77. The Balaban J connectivity index is 1.98. The van der Waals surface area contributed by atoms with Crippen LogP contribution < -0.4 is 0 Å². The van der Waals surface area contributed by atoms with E-state index in [0.717, 1.165) is 11.1 Å². The number of hydrogen-bond acceptors (Lipinski definition) is 2. The Morgan fingerprint density at radius 3 is 2.33 bits per heavy atom. The molecule has 1 aliphatic carbocycles. The molecule has 1 aliphatic rings. The van der Waals surface area contributed by atoms with Crippen LogP contribution in [-0.4, -0.2) is 5.11 Å². The van der Waals surface area contributed by atoms with Crippen LogP contribution in [0.15, 0.2) is 42.5 Å². The van der Waals surface area contributed by atoms with Gasteiger partial charge in [-0.1, -0.05) is 41.9 Å². The third-order valence-corrected chi connectivity index (χ3v) is 4.43. The van der Waals surface area contributed by atoms with E-state index in [9.17, 15) is 14.8 Å². The van der Waals surface area contributed by atoms with Gasteiger partial charge in [-0.2, -0.15) is 5.26 Å². The van der Waals surface area contributed by atoms with Gasteiger partial charge in [-0.15, -0.1) is 0 Å². The van der Waals surface area contributed by atoms with Gasteiger partial charge in [0.15, 0.2) is 0 Å². The average molecular weight is 302 g/mol. The number of nitriles is 1. The van der Waals surface area contributed by atoms with Gasteiger partial charge in [-0.25, -0.2) is 4.39 Å². The van der Waals surface area contributed by atoms with Gasteiger partial charge in [0.05, 0.1) is 22.6 Å². The van der Waals surface area contributed by atoms with Crippen molar-refractivity contribution in [2.24, 2.45) is 5.41 Å². The Kier molecular flexibility index (Phi) is 3.44. The molecule has 0 amide bonds. The first-order valence-electron chi connectivity index (χ1n) is 6.67. The Morgan fingerprint density at radius 2 is 1.81 bits per heavy atom. The van der Waals surface area contributed by atoms with Gasteiger partial charge in [0.25, 0.3) is 0 Å². The van der Waals surface area contributed by atoms with E-state index < -0.39 is 17.3 Å². The standard InChI is InChI=1S/C17H13ClFNO/c18-14-7-11(5-6-15(14)19)16(21)17(10-20)8-12-3-1-2-4-13(12)9-17/h1-7,16,21H,8-9H2. The minimum atomic E-state index is -1.01. The zero-order valence-corrected chi connectivity index (χ0v) is 11.9. The molecule has 0 heterocycles. The maximum atomic E-state index is 13.3. The van der Waals surface area contributed by atoms with Crippen LogP contribution in [0, 0.1) is 22.6 Å². The molecule has 0 saturated heterocycles. The highest BCUT2D eigenvalue weighted by atomic mass is 35.5. The number of hydrogen-bond donors (Lipinski definition) is 1. The van der Waals surface area contributed by atoms with E-state index in [1.807, 2.05) is 24.3 Å². The van der Waals surface area contributed by atoms with Gasteiger partial charge in [0.1, 0.15) is 5.82 Å². The van der Waals surface area contributed by atoms with Crippen molar-refractivity contribution in [3.05, 3.63) is 70.0 Å². The lowest BCUT2D eigenvalue weighted by Gasteiger charge is -2.27. The quantitative estimate of drug-likeness (QED) is 0.916. The van der Waals surface area contributed by atoms with Crippen molar-refractivity contribution in [3.63, 3.8) is 0 Å². The molecular formula is C17H13ClFNO. The van der Waals surface area contributed by atoms with E-state index in [1.165, 1.54) is 18.2 Å². The molecule has 0 bridgehead atoms. The van der Waals surface area contributed by atoms with Crippen LogP contribution in [0.1, 0.15) is 22.8 Å². The number of nitrogens with zero attached hydrogens (tertiary/aromatic N) is 1. The second kappa shape index (κ2) is 5.14. The number of aliphatic hydroxyl groups excluding tert-OH is 1. The SMILES string of the molecule is N#CC1(C(O)c2ccc(F)c(Cl)c2)Cc2ccccc2C1. The van der Waals surface area contributed by atoms with Crippen LogP contribution in [0.5, 0.6) is 0 Å². The van der Waals surface area contributed by atoms with Gasteiger partial charge >= 0.3 is 0 Å². The predicted octanol–water partition coefficient (Wildman–Crippen LogP) is 3.82. The highest BCUT2D eigenvalue weighted by Crippen LogP contribution is 2.45. The molecule has 2 aromatic carbocycles. The monoisotopic (exact) mass is 301 g/mol. The molecular weight excluding hydrogens is 289 g/mol. The summed E-state index contributed by atoms with van der Waals surface area (Å²) in [5, 5.41) is 20.2. The van der Waals surface area contributed by atoms with Crippen LogP contribution in [0.4, 0.5) is 4.39 Å². The van der Waals surface area contributed by atoms with E-state index in [2.05, 4.69) is 6.07 Å². The first-order valence-corrected chi connectivity index (χ1v) is 7.04. The average Bonchev–Trinajstić information content (AvgIpc) is 2.89. The number of aliphatic hydroxyl groups is 1. The largest absolute Gasteiger partial charge is 0.387 e. The molecule has 2 nitrogen and oxygen atoms in total. The Morgan fingerprint density at radius 1 is 1.19 bits per heavy atom. The molecule has 4 heteroatoms. The summed E-state index contributed by atoms with van der Waals surface area (Å²) in [4.78, 5) is 0. The van der Waals surface area contributed by atoms with Gasteiger partial charge in [-0.05, 0) is 41.7 Å². The molecule has 0 aliphatic heterocycles. The first-order chi connectivity index (χ1) is 10.1. The highest BCUT2D eigenvalue weighted by molar-refractivity contribution is 6.30. The van der Waals surface area contributed by atoms with Gasteiger partial charge < -0.3 is 5.11 Å². The van der Waals surface area contributed by atoms with Crippen molar-refractivity contribution in [2.75, 3.05) is 0 Å². The minimum Gasteiger partial charge on any atom is -0.387 e. The van der Waals surface area contributed by atoms with Crippen LogP contribution in [0.2, 0.25) is 5.02 Å². The molecule has 106 valence electrons. The maximum absolute atomic E-state index is 13.3. The molecule has 3 rings (SSSR count). The molecule has 0 radical (unpaired) electrons. The van der Waals surface area contributed by atoms with Crippen LogP contribution >= 0.6 is 11.6 Å². The number of halogens is 2. The maximum Gasteiger partial charge on any atom is 0.141 e. The number of rotatable bonds is 2. The zero-order valence-electron chi connectivity index (χ0n) is 11.2. The summed E-state index contributed by atoms with van der Waals surface area (Å²) in [6.07, 6.45) is -0.0425. The lowest BCUT2D eigenvalue weighted by molar-refractivity contribution is 0.0693. The molecule has 0 saturated carbocycles. The van der Waals surface area contributed by atoms with Crippen LogP contribution in [0.25, 0.3) is 0 Å². The summed E-state index contributed by atoms with van der Waals surface area (Å²) in [5.74, 6) is -0.534. The summed E-state index contributed by atoms with van der Waals surface area (Å²) in [5.41, 5.74) is 1.69. The second-order valence-electron chi connectivity index (χ2n) is 5.47. The molecule has 1 unspecified atom stereocenters. The molecule has 0 aromatic heterocycles. The zero-order chi connectivity index (χ0) is 15.0. The summed E-state index contributed by atoms with van der Waals surface area (Å²) < 4.78 is 13.3. The van der Waals surface area contributed by atoms with Crippen LogP contribution in [-0.2, 0) is 12.8 Å². The molecule has 1 atom stereocenters. The fourth-order valence-electron chi connectivity index (χ4n) is 2.98. The van der Waals surface area contributed by atoms with E-state index >= 15 is 0 Å². The third kappa shape index (κ3) is 2.31. The number of fused-ring (bicyclic) bond motifs is 1. The van der Waals surface area contributed by atoms with Crippen molar-refractivity contribution in [2.45, 2.75) is 18.9 Å². The van der Waals surface area contributed by atoms with Gasteiger partial charge in [0, 0.05) is 0 Å². The second-order valence-corrected chi connectivity index (χ2v) is 5.87. The summed E-state index contributed by atoms with van der Waals surface area (Å²) in [7, 11) is 0. The number of benzene rings is 2. The smallest absolute Gasteiger partial charge is 0.141 e. The molecule has 2 aromatic rings. The van der Waals surface area contributed by atoms with Crippen molar-refractivity contribution in [1.29, 1.82) is 5.26 Å². The predicted molar refractivity (Wildman–Crippen MR) is 78.3 cm³/mol. The van der Waals surface area contributed by atoms with Crippen molar-refractivity contribution in [3.8, 4) is 6.07 Å². The summed E-state index contributed by atoms with van der Waals surface area (Å²) in [6.45, 7) is 0. The van der Waals surface area contributed by atoms with E-state index in [1.54, 1.807) is 0 Å². The van der Waals surface area contributed by atoms with Crippen LogP contribution in [0.3, 0.4) is 0 Å². The van der Waals surface area contributed by atoms with E-state index in [-0.39, 0.29) is 5.02 Å². The third-order valence-electron chi connectivity index (χ3n) is 4.14. The Hall–Kier alpha value is -1.89. The highest BCUT2D eigenvalue weighted by Gasteiger charge is 2.44. The fraction of sp³-hybridized carbons (Fsp3) is 0.235. The van der Waals surface area contributed by atoms with E-state index in [0.29, 0.717) is 18.4 Å². The molecule has 0 fully saturated rings. The topological polar surface area (TPSA) is 44.0 Å².